The first-order chi connectivity index (χ1) is 6.60. The molecule has 72 valence electrons. The molecular formula is C11H10ClNO. The lowest BCUT2D eigenvalue weighted by Crippen LogP contribution is -2.04. The third-order valence-corrected chi connectivity index (χ3v) is 3.24. The van der Waals surface area contributed by atoms with E-state index in [1.54, 1.807) is 12.1 Å². The number of aromatic hydroxyl groups is 1. The Morgan fingerprint density at radius 3 is 2.64 bits per heavy atom. The van der Waals surface area contributed by atoms with E-state index in [4.69, 9.17) is 16.9 Å². The van der Waals surface area contributed by atoms with Crippen LogP contribution in [0.2, 0.25) is 5.02 Å². The van der Waals surface area contributed by atoms with Crippen molar-refractivity contribution in [2.75, 3.05) is 0 Å². The molecule has 1 aliphatic carbocycles. The number of nitrogens with zero attached hydrogens (tertiary/aromatic N) is 1. The minimum Gasteiger partial charge on any atom is -0.508 e. The predicted octanol–water partition coefficient (Wildman–Crippen LogP) is 2.91. The largest absolute Gasteiger partial charge is 0.508 e. The highest BCUT2D eigenvalue weighted by Crippen LogP contribution is 2.53. The summed E-state index contributed by atoms with van der Waals surface area (Å²) in [4.78, 5) is 0. The number of nitriles is 1. The molecule has 0 aromatic heterocycles. The average molecular weight is 208 g/mol. The summed E-state index contributed by atoms with van der Waals surface area (Å²) in [5.74, 6) is 0.139. The van der Waals surface area contributed by atoms with E-state index in [-0.39, 0.29) is 5.75 Å². The highest BCUT2D eigenvalue weighted by molar-refractivity contribution is 6.32. The maximum atomic E-state index is 9.69. The van der Waals surface area contributed by atoms with Crippen LogP contribution in [0.15, 0.2) is 12.1 Å². The Bertz CT molecular complexity index is 430. The molecule has 0 heterocycles. The van der Waals surface area contributed by atoms with Crippen molar-refractivity contribution in [3.63, 3.8) is 0 Å². The zero-order valence-corrected chi connectivity index (χ0v) is 8.60. The van der Waals surface area contributed by atoms with Gasteiger partial charge >= 0.3 is 0 Å². The van der Waals surface area contributed by atoms with E-state index < -0.39 is 5.41 Å². The van der Waals surface area contributed by atoms with Gasteiger partial charge in [0.1, 0.15) is 5.75 Å². The Morgan fingerprint density at radius 2 is 2.14 bits per heavy atom. The molecule has 1 aromatic rings. The fourth-order valence-corrected chi connectivity index (χ4v) is 2.01. The molecule has 1 aromatic carbocycles. The van der Waals surface area contributed by atoms with Gasteiger partial charge in [0.2, 0.25) is 0 Å². The highest BCUT2D eigenvalue weighted by Gasteiger charge is 2.48. The molecular weight excluding hydrogens is 198 g/mol. The van der Waals surface area contributed by atoms with Crippen molar-refractivity contribution in [1.82, 2.24) is 0 Å². The molecule has 0 radical (unpaired) electrons. The summed E-state index contributed by atoms with van der Waals surface area (Å²) in [7, 11) is 0. The molecule has 1 N–H and O–H groups in total. The Labute approximate surface area is 87.7 Å². The maximum absolute atomic E-state index is 9.69. The van der Waals surface area contributed by atoms with Crippen molar-refractivity contribution in [2.45, 2.75) is 25.2 Å². The maximum Gasteiger partial charge on any atom is 0.121 e. The van der Waals surface area contributed by atoms with Crippen LogP contribution in [0.4, 0.5) is 0 Å². The Kier molecular flexibility index (Phi) is 1.94. The second-order valence-electron chi connectivity index (χ2n) is 3.78. The molecule has 2 nitrogen and oxygen atoms in total. The lowest BCUT2D eigenvalue weighted by atomic mass is 9.95. The molecule has 0 bridgehead atoms. The van der Waals surface area contributed by atoms with Gasteiger partial charge in [-0.05, 0) is 31.4 Å². The van der Waals surface area contributed by atoms with Crippen molar-refractivity contribution >= 4 is 11.6 Å². The van der Waals surface area contributed by atoms with Gasteiger partial charge in [0.25, 0.3) is 0 Å². The molecule has 1 fully saturated rings. The fraction of sp³-hybridized carbons (Fsp3) is 0.364. The number of aryl methyl sites for hydroxylation is 1. The third-order valence-electron chi connectivity index (χ3n) is 2.76. The van der Waals surface area contributed by atoms with Crippen LogP contribution >= 0.6 is 11.6 Å². The number of phenols is 1. The summed E-state index contributed by atoms with van der Waals surface area (Å²) in [6.45, 7) is 1.87. The van der Waals surface area contributed by atoms with Gasteiger partial charge in [0, 0.05) is 5.56 Å². The summed E-state index contributed by atoms with van der Waals surface area (Å²) >= 11 is 6.09. The molecule has 0 saturated heterocycles. The summed E-state index contributed by atoms with van der Waals surface area (Å²) in [6.07, 6.45) is 1.58. The van der Waals surface area contributed by atoms with Gasteiger partial charge in [-0.15, -0.1) is 0 Å². The van der Waals surface area contributed by atoms with Gasteiger partial charge in [-0.3, -0.25) is 0 Å². The van der Waals surface area contributed by atoms with Crippen LogP contribution in [0.1, 0.15) is 24.0 Å². The SMILES string of the molecule is Cc1ccc(O)c(C2(C#N)CC2)c1Cl. The second kappa shape index (κ2) is 2.90. The number of benzene rings is 1. The quantitative estimate of drug-likeness (QED) is 0.770. The van der Waals surface area contributed by atoms with E-state index in [0.29, 0.717) is 10.6 Å². The summed E-state index contributed by atoms with van der Waals surface area (Å²) in [6, 6.07) is 5.60. The number of halogens is 1. The van der Waals surface area contributed by atoms with Crippen molar-refractivity contribution < 1.29 is 5.11 Å². The fourth-order valence-electron chi connectivity index (χ4n) is 1.67. The van der Waals surface area contributed by atoms with Crippen molar-refractivity contribution in [2.24, 2.45) is 0 Å². The molecule has 1 aliphatic rings. The molecule has 0 atom stereocenters. The highest BCUT2D eigenvalue weighted by atomic mass is 35.5. The zero-order chi connectivity index (χ0) is 10.3. The van der Waals surface area contributed by atoms with Crippen LogP contribution in [0.5, 0.6) is 5.75 Å². The molecule has 0 unspecified atom stereocenters. The number of hydrogen-bond donors (Lipinski definition) is 1. The molecule has 0 spiro atoms. The van der Waals surface area contributed by atoms with Crippen LogP contribution in [-0.2, 0) is 5.41 Å². The van der Waals surface area contributed by atoms with Gasteiger partial charge in [-0.2, -0.15) is 5.26 Å². The van der Waals surface area contributed by atoms with E-state index in [1.165, 1.54) is 0 Å². The molecule has 2 rings (SSSR count). The van der Waals surface area contributed by atoms with Gasteiger partial charge in [-0.1, -0.05) is 17.7 Å². The van der Waals surface area contributed by atoms with Crippen molar-refractivity contribution in [1.29, 1.82) is 5.26 Å². The number of phenolic OH excluding ortho intramolecular Hbond substituents is 1. The molecule has 0 aliphatic heterocycles. The number of hydrogen-bond acceptors (Lipinski definition) is 2. The third kappa shape index (κ3) is 1.17. The first-order valence-electron chi connectivity index (χ1n) is 4.50. The van der Waals surface area contributed by atoms with Crippen LogP contribution in [0.3, 0.4) is 0 Å². The lowest BCUT2D eigenvalue weighted by molar-refractivity contribution is 0.464. The second-order valence-corrected chi connectivity index (χ2v) is 4.16. The Hall–Kier alpha value is -1.20. The smallest absolute Gasteiger partial charge is 0.121 e. The number of rotatable bonds is 1. The van der Waals surface area contributed by atoms with E-state index in [2.05, 4.69) is 6.07 Å². The Balaban J connectivity index is 2.64. The lowest BCUT2D eigenvalue weighted by Gasteiger charge is -2.12. The van der Waals surface area contributed by atoms with Crippen molar-refractivity contribution in [3.05, 3.63) is 28.3 Å². The minimum absolute atomic E-state index is 0.139. The first kappa shape index (κ1) is 9.36. The topological polar surface area (TPSA) is 44.0 Å². The van der Waals surface area contributed by atoms with Gasteiger partial charge in [-0.25, -0.2) is 0 Å². The summed E-state index contributed by atoms with van der Waals surface area (Å²) < 4.78 is 0. The van der Waals surface area contributed by atoms with E-state index in [9.17, 15) is 5.11 Å². The molecule has 1 saturated carbocycles. The minimum atomic E-state index is -0.521. The zero-order valence-electron chi connectivity index (χ0n) is 7.84. The first-order valence-corrected chi connectivity index (χ1v) is 4.88. The summed E-state index contributed by atoms with van der Waals surface area (Å²) in [5, 5.41) is 19.2. The van der Waals surface area contributed by atoms with Gasteiger partial charge < -0.3 is 5.11 Å². The van der Waals surface area contributed by atoms with E-state index in [1.807, 2.05) is 6.92 Å². The van der Waals surface area contributed by atoms with E-state index in [0.717, 1.165) is 18.4 Å². The average Bonchev–Trinajstić information content (AvgIpc) is 2.93. The van der Waals surface area contributed by atoms with Crippen molar-refractivity contribution in [3.8, 4) is 11.8 Å². The van der Waals surface area contributed by atoms with Crippen LogP contribution < -0.4 is 0 Å². The molecule has 3 heteroatoms. The van der Waals surface area contributed by atoms with Gasteiger partial charge in [0.15, 0.2) is 0 Å². The van der Waals surface area contributed by atoms with Gasteiger partial charge in [0.05, 0.1) is 16.5 Å². The monoisotopic (exact) mass is 207 g/mol. The molecule has 14 heavy (non-hydrogen) atoms. The molecule has 0 amide bonds. The van der Waals surface area contributed by atoms with E-state index >= 15 is 0 Å². The van der Waals surface area contributed by atoms with Crippen LogP contribution in [-0.4, -0.2) is 5.11 Å². The normalized spacial score (nSPS) is 17.5. The van der Waals surface area contributed by atoms with Crippen LogP contribution in [0, 0.1) is 18.3 Å². The predicted molar refractivity (Wildman–Crippen MR) is 54.4 cm³/mol. The standard InChI is InChI=1S/C11H10ClNO/c1-7-2-3-8(14)9(10(7)12)11(6-13)4-5-11/h2-3,14H,4-5H2,1H3. The summed E-state index contributed by atoms with van der Waals surface area (Å²) in [5.41, 5.74) is 0.996. The van der Waals surface area contributed by atoms with Crippen LogP contribution in [0.25, 0.3) is 0 Å². The Morgan fingerprint density at radius 1 is 1.50 bits per heavy atom.